The maximum atomic E-state index is 10.9. The van der Waals surface area contributed by atoms with Crippen LogP contribution in [0.1, 0.15) is 5.76 Å². The van der Waals surface area contributed by atoms with E-state index in [4.69, 9.17) is 16.3 Å². The van der Waals surface area contributed by atoms with Crippen molar-refractivity contribution in [1.82, 2.24) is 0 Å². The van der Waals surface area contributed by atoms with Crippen molar-refractivity contribution < 1.29 is 13.9 Å². The summed E-state index contributed by atoms with van der Waals surface area (Å²) in [5, 5.41) is 0. The molecule has 0 saturated carbocycles. The lowest BCUT2D eigenvalue weighted by atomic mass is 10.4. The van der Waals surface area contributed by atoms with Gasteiger partial charge in [0, 0.05) is 17.7 Å². The van der Waals surface area contributed by atoms with Crippen LogP contribution in [0.15, 0.2) is 33.0 Å². The van der Waals surface area contributed by atoms with E-state index in [2.05, 4.69) is 4.42 Å². The van der Waals surface area contributed by atoms with Gasteiger partial charge in [-0.05, 0) is 6.92 Å². The molecule has 0 aromatic carbocycles. The zero-order valence-corrected chi connectivity index (χ0v) is 8.08. The number of hydrogen-bond acceptors (Lipinski definition) is 4. The second kappa shape index (κ2) is 4.62. The molecule has 0 spiro atoms. The fourth-order valence-electron chi connectivity index (χ4n) is 0.836. The second-order valence-electron chi connectivity index (χ2n) is 2.44. The van der Waals surface area contributed by atoms with Crippen molar-refractivity contribution in [2.24, 2.45) is 0 Å². The third-order valence-electron chi connectivity index (χ3n) is 1.28. The van der Waals surface area contributed by atoms with Gasteiger partial charge in [-0.15, -0.1) is 0 Å². The molecule has 0 aliphatic rings. The van der Waals surface area contributed by atoms with Crippen LogP contribution in [0.5, 0.6) is 5.75 Å². The lowest BCUT2D eigenvalue weighted by Crippen LogP contribution is -2.06. The minimum atomic E-state index is -0.648. The molecule has 1 aromatic rings. The van der Waals surface area contributed by atoms with Crippen LogP contribution in [0.2, 0.25) is 0 Å². The Labute approximate surface area is 84.7 Å². The largest absolute Gasteiger partial charge is 0.428 e. The highest BCUT2D eigenvalue weighted by atomic mass is 35.5. The SMILES string of the molecule is Cc1cc(OC(=O)/C=C/Cl)cc(=O)o1. The van der Waals surface area contributed by atoms with Crippen LogP contribution >= 0.6 is 11.6 Å². The predicted octanol–water partition coefficient (Wildman–Crippen LogP) is 1.61. The van der Waals surface area contributed by atoms with Crippen molar-refractivity contribution in [3.63, 3.8) is 0 Å². The number of hydrogen-bond donors (Lipinski definition) is 0. The molecular formula is C9H7ClO4. The minimum absolute atomic E-state index is 0.138. The number of ether oxygens (including phenoxy) is 1. The Morgan fingerprint density at radius 2 is 2.29 bits per heavy atom. The fraction of sp³-hybridized carbons (Fsp3) is 0.111. The van der Waals surface area contributed by atoms with Gasteiger partial charge in [0.25, 0.3) is 0 Å². The molecule has 0 amide bonds. The molecule has 0 bridgehead atoms. The van der Waals surface area contributed by atoms with E-state index in [1.165, 1.54) is 6.07 Å². The van der Waals surface area contributed by atoms with Gasteiger partial charge in [0.2, 0.25) is 0 Å². The standard InChI is InChI=1S/C9H7ClO4/c1-6-4-7(5-9(12)13-6)14-8(11)2-3-10/h2-5H,1H3/b3-2+. The van der Waals surface area contributed by atoms with Gasteiger partial charge in [0.1, 0.15) is 11.5 Å². The molecule has 5 heteroatoms. The average Bonchev–Trinajstić information content (AvgIpc) is 2.01. The molecule has 74 valence electrons. The normalized spacial score (nSPS) is 10.4. The summed E-state index contributed by atoms with van der Waals surface area (Å²) in [6.07, 6.45) is 1.03. The molecule has 0 fully saturated rings. The van der Waals surface area contributed by atoms with E-state index in [0.717, 1.165) is 17.7 Å². The van der Waals surface area contributed by atoms with E-state index in [1.807, 2.05) is 0 Å². The van der Waals surface area contributed by atoms with Gasteiger partial charge in [0.05, 0.1) is 6.07 Å². The van der Waals surface area contributed by atoms with Gasteiger partial charge >= 0.3 is 11.6 Å². The quantitative estimate of drug-likeness (QED) is 0.554. The van der Waals surface area contributed by atoms with E-state index in [1.54, 1.807) is 6.92 Å². The van der Waals surface area contributed by atoms with Crippen LogP contribution in [0, 0.1) is 6.92 Å². The van der Waals surface area contributed by atoms with Gasteiger partial charge in [-0.25, -0.2) is 9.59 Å². The van der Waals surface area contributed by atoms with Crippen LogP contribution in [0.3, 0.4) is 0 Å². The monoisotopic (exact) mass is 214 g/mol. The molecule has 14 heavy (non-hydrogen) atoms. The smallest absolute Gasteiger partial charge is 0.339 e. The highest BCUT2D eigenvalue weighted by molar-refractivity contribution is 6.26. The van der Waals surface area contributed by atoms with Crippen molar-refractivity contribution in [3.8, 4) is 5.75 Å². The highest BCUT2D eigenvalue weighted by Gasteiger charge is 2.02. The molecule has 4 nitrogen and oxygen atoms in total. The summed E-state index contributed by atoms with van der Waals surface area (Å²) in [6, 6.07) is 2.51. The van der Waals surface area contributed by atoms with Crippen LogP contribution in [-0.2, 0) is 4.79 Å². The van der Waals surface area contributed by atoms with Crippen LogP contribution in [0.25, 0.3) is 0 Å². The van der Waals surface area contributed by atoms with Crippen LogP contribution in [-0.4, -0.2) is 5.97 Å². The van der Waals surface area contributed by atoms with Gasteiger partial charge in [-0.1, -0.05) is 11.6 Å². The number of rotatable bonds is 2. The first-order valence-electron chi connectivity index (χ1n) is 3.72. The Balaban J connectivity index is 2.87. The summed E-state index contributed by atoms with van der Waals surface area (Å²) in [5.74, 6) is -0.140. The third-order valence-corrected chi connectivity index (χ3v) is 1.41. The highest BCUT2D eigenvalue weighted by Crippen LogP contribution is 2.09. The van der Waals surface area contributed by atoms with Crippen LogP contribution < -0.4 is 10.4 Å². The molecule has 0 saturated heterocycles. The van der Waals surface area contributed by atoms with Gasteiger partial charge in [-0.2, -0.15) is 0 Å². The van der Waals surface area contributed by atoms with E-state index < -0.39 is 11.6 Å². The average molecular weight is 215 g/mol. The lowest BCUT2D eigenvalue weighted by Gasteiger charge is -1.99. The van der Waals surface area contributed by atoms with Crippen molar-refractivity contribution >= 4 is 17.6 Å². The molecule has 1 aromatic heterocycles. The van der Waals surface area contributed by atoms with E-state index in [0.29, 0.717) is 5.76 Å². The predicted molar refractivity (Wildman–Crippen MR) is 50.3 cm³/mol. The minimum Gasteiger partial charge on any atom is -0.428 e. The molecule has 0 atom stereocenters. The molecule has 0 unspecified atom stereocenters. The summed E-state index contributed by atoms with van der Waals surface area (Å²) < 4.78 is 9.41. The van der Waals surface area contributed by atoms with E-state index in [9.17, 15) is 9.59 Å². The van der Waals surface area contributed by atoms with Gasteiger partial charge < -0.3 is 9.15 Å². The molecule has 1 heterocycles. The second-order valence-corrected chi connectivity index (χ2v) is 2.69. The first kappa shape index (κ1) is 10.5. The maximum Gasteiger partial charge on any atom is 0.339 e. The Kier molecular flexibility index (Phi) is 3.48. The van der Waals surface area contributed by atoms with Crippen molar-refractivity contribution in [1.29, 1.82) is 0 Å². The summed E-state index contributed by atoms with van der Waals surface area (Å²) in [5.41, 5.74) is 0.461. The summed E-state index contributed by atoms with van der Waals surface area (Å²) >= 11 is 5.16. The first-order chi connectivity index (χ1) is 6.61. The zero-order valence-electron chi connectivity index (χ0n) is 7.32. The Morgan fingerprint density at radius 3 is 2.86 bits per heavy atom. The van der Waals surface area contributed by atoms with Gasteiger partial charge in [0.15, 0.2) is 0 Å². The molecule has 0 aliphatic heterocycles. The molecular weight excluding hydrogens is 208 g/mol. The Bertz CT molecular complexity index is 419. The summed E-state index contributed by atoms with van der Waals surface area (Å²) in [6.45, 7) is 1.58. The number of esters is 1. The van der Waals surface area contributed by atoms with E-state index in [-0.39, 0.29) is 5.75 Å². The van der Waals surface area contributed by atoms with Crippen molar-refractivity contribution in [2.75, 3.05) is 0 Å². The number of carbonyl (C=O) groups excluding carboxylic acids is 1. The first-order valence-corrected chi connectivity index (χ1v) is 4.16. The fourth-order valence-corrected chi connectivity index (χ4v) is 0.939. The topological polar surface area (TPSA) is 56.5 Å². The molecule has 0 radical (unpaired) electrons. The maximum absolute atomic E-state index is 10.9. The van der Waals surface area contributed by atoms with Crippen molar-refractivity contribution in [2.45, 2.75) is 6.92 Å². The molecule has 1 rings (SSSR count). The number of aryl methyl sites for hydroxylation is 1. The number of halogens is 1. The van der Waals surface area contributed by atoms with Crippen LogP contribution in [0.4, 0.5) is 0 Å². The summed E-state index contributed by atoms with van der Waals surface area (Å²) in [4.78, 5) is 21.8. The van der Waals surface area contributed by atoms with Gasteiger partial charge in [-0.3, -0.25) is 0 Å². The molecule has 0 aliphatic carbocycles. The van der Waals surface area contributed by atoms with Crippen molar-refractivity contribution in [3.05, 3.63) is 39.9 Å². The number of carbonyl (C=O) groups is 1. The molecule has 0 N–H and O–H groups in total. The van der Waals surface area contributed by atoms with E-state index >= 15 is 0 Å². The Hall–Kier alpha value is -1.55. The Morgan fingerprint density at radius 1 is 1.57 bits per heavy atom. The third kappa shape index (κ3) is 3.06. The lowest BCUT2D eigenvalue weighted by molar-refractivity contribution is -0.129. The summed E-state index contributed by atoms with van der Waals surface area (Å²) in [7, 11) is 0. The zero-order chi connectivity index (χ0) is 10.6.